The van der Waals surface area contributed by atoms with E-state index in [4.69, 9.17) is 15.2 Å². The summed E-state index contributed by atoms with van der Waals surface area (Å²) in [4.78, 5) is 11.6. The van der Waals surface area contributed by atoms with Crippen LogP contribution in [0.15, 0.2) is 24.3 Å². The van der Waals surface area contributed by atoms with E-state index >= 15 is 0 Å². The lowest BCUT2D eigenvalue weighted by molar-refractivity contribution is -0.124. The first-order valence-corrected chi connectivity index (χ1v) is 5.75. The summed E-state index contributed by atoms with van der Waals surface area (Å²) in [7, 11) is 1.60. The van der Waals surface area contributed by atoms with E-state index in [1.165, 1.54) is 0 Å². The van der Waals surface area contributed by atoms with Crippen LogP contribution in [0.2, 0.25) is 0 Å². The Balaban J connectivity index is 2.42. The number of hydrogen-bond donors (Lipinski definition) is 2. The van der Waals surface area contributed by atoms with Gasteiger partial charge in [-0.2, -0.15) is 0 Å². The molecule has 5 nitrogen and oxygen atoms in total. The summed E-state index contributed by atoms with van der Waals surface area (Å²) in [6, 6.07) is 7.05. The van der Waals surface area contributed by atoms with Crippen molar-refractivity contribution < 1.29 is 14.3 Å². The molecule has 18 heavy (non-hydrogen) atoms. The van der Waals surface area contributed by atoms with Crippen molar-refractivity contribution in [3.63, 3.8) is 0 Å². The average molecular weight is 252 g/mol. The topological polar surface area (TPSA) is 73.6 Å². The third kappa shape index (κ3) is 4.63. The van der Waals surface area contributed by atoms with Crippen LogP contribution in [-0.4, -0.2) is 31.7 Å². The maximum absolute atomic E-state index is 11.6. The molecule has 1 aromatic carbocycles. The van der Waals surface area contributed by atoms with E-state index in [0.717, 1.165) is 5.75 Å². The minimum absolute atomic E-state index is 0.0320. The molecule has 1 rings (SSSR count). The number of nitrogens with two attached hydrogens (primary N) is 1. The molecular weight excluding hydrogens is 232 g/mol. The number of rotatable bonds is 6. The molecule has 0 unspecified atom stereocenters. The van der Waals surface area contributed by atoms with Gasteiger partial charge in [0.15, 0.2) is 6.61 Å². The smallest absolute Gasteiger partial charge is 0.258 e. The van der Waals surface area contributed by atoms with Gasteiger partial charge in [0.05, 0.1) is 7.11 Å². The highest BCUT2D eigenvalue weighted by molar-refractivity contribution is 5.78. The van der Waals surface area contributed by atoms with Gasteiger partial charge in [-0.15, -0.1) is 0 Å². The summed E-state index contributed by atoms with van der Waals surface area (Å²) in [5.41, 5.74) is 5.11. The van der Waals surface area contributed by atoms with Gasteiger partial charge >= 0.3 is 0 Å². The number of benzene rings is 1. The van der Waals surface area contributed by atoms with Crippen LogP contribution in [-0.2, 0) is 4.79 Å². The summed E-state index contributed by atoms with van der Waals surface area (Å²) in [5, 5.41) is 2.79. The molecule has 0 saturated carbocycles. The highest BCUT2D eigenvalue weighted by Crippen LogP contribution is 2.16. The second-order valence-corrected chi connectivity index (χ2v) is 4.60. The zero-order valence-electron chi connectivity index (χ0n) is 11.0. The Labute approximate surface area is 107 Å². The van der Waals surface area contributed by atoms with Crippen molar-refractivity contribution in [3.8, 4) is 11.5 Å². The molecule has 0 bridgehead atoms. The van der Waals surface area contributed by atoms with E-state index in [0.29, 0.717) is 12.3 Å². The minimum atomic E-state index is -0.416. The Bertz CT molecular complexity index is 388. The molecule has 0 aliphatic rings. The molecule has 0 spiro atoms. The molecular formula is C13H20N2O3. The molecule has 0 saturated heterocycles. The molecule has 3 N–H and O–H groups in total. The monoisotopic (exact) mass is 252 g/mol. The Hall–Kier alpha value is -1.75. The molecule has 0 aliphatic carbocycles. The van der Waals surface area contributed by atoms with Crippen LogP contribution in [0.4, 0.5) is 0 Å². The van der Waals surface area contributed by atoms with Gasteiger partial charge in [-0.3, -0.25) is 4.79 Å². The van der Waals surface area contributed by atoms with Crippen LogP contribution in [0.3, 0.4) is 0 Å². The van der Waals surface area contributed by atoms with Crippen molar-refractivity contribution >= 4 is 5.91 Å². The fraction of sp³-hybridized carbons (Fsp3) is 0.462. The summed E-state index contributed by atoms with van der Waals surface area (Å²) in [6.07, 6.45) is 0. The van der Waals surface area contributed by atoms with Gasteiger partial charge in [-0.1, -0.05) is 0 Å². The summed E-state index contributed by atoms with van der Waals surface area (Å²) < 4.78 is 10.4. The first kappa shape index (κ1) is 14.3. The molecule has 0 fully saturated rings. The van der Waals surface area contributed by atoms with E-state index in [2.05, 4.69) is 5.32 Å². The largest absolute Gasteiger partial charge is 0.497 e. The maximum atomic E-state index is 11.6. The second kappa shape index (κ2) is 6.26. The molecule has 0 aliphatic heterocycles. The molecule has 0 radical (unpaired) electrons. The quantitative estimate of drug-likeness (QED) is 0.790. The first-order valence-electron chi connectivity index (χ1n) is 5.75. The molecule has 0 heterocycles. The molecule has 1 aromatic rings. The predicted octanol–water partition coefficient (Wildman–Crippen LogP) is 0.928. The van der Waals surface area contributed by atoms with Crippen molar-refractivity contribution in [2.45, 2.75) is 19.4 Å². The number of methoxy groups -OCH3 is 1. The Kier molecular flexibility index (Phi) is 4.97. The third-order valence-electron chi connectivity index (χ3n) is 2.42. The first-order chi connectivity index (χ1) is 8.46. The Morgan fingerprint density at radius 3 is 2.33 bits per heavy atom. The lowest BCUT2D eigenvalue weighted by atomic mass is 10.1. The van der Waals surface area contributed by atoms with Crippen molar-refractivity contribution in [2.24, 2.45) is 5.73 Å². The van der Waals surface area contributed by atoms with E-state index in [1.807, 2.05) is 13.8 Å². The molecule has 1 amide bonds. The van der Waals surface area contributed by atoms with Gasteiger partial charge in [0.25, 0.3) is 5.91 Å². The van der Waals surface area contributed by atoms with Gasteiger partial charge < -0.3 is 20.5 Å². The molecule has 5 heteroatoms. The SMILES string of the molecule is COc1ccc(OCC(=O)NC(C)(C)CN)cc1. The Morgan fingerprint density at radius 2 is 1.83 bits per heavy atom. The fourth-order valence-corrected chi connectivity index (χ4v) is 1.29. The van der Waals surface area contributed by atoms with Gasteiger partial charge in [0.1, 0.15) is 11.5 Å². The van der Waals surface area contributed by atoms with Crippen molar-refractivity contribution in [2.75, 3.05) is 20.3 Å². The number of nitrogens with one attached hydrogen (secondary N) is 1. The number of ether oxygens (including phenoxy) is 2. The van der Waals surface area contributed by atoms with E-state index < -0.39 is 5.54 Å². The number of carbonyl (C=O) groups is 1. The van der Waals surface area contributed by atoms with Crippen molar-refractivity contribution in [3.05, 3.63) is 24.3 Å². The third-order valence-corrected chi connectivity index (χ3v) is 2.42. The molecule has 0 aromatic heterocycles. The minimum Gasteiger partial charge on any atom is -0.497 e. The van der Waals surface area contributed by atoms with Crippen LogP contribution in [0.25, 0.3) is 0 Å². The zero-order chi connectivity index (χ0) is 13.6. The normalized spacial score (nSPS) is 10.9. The van der Waals surface area contributed by atoms with Crippen LogP contribution >= 0.6 is 0 Å². The summed E-state index contributed by atoms with van der Waals surface area (Å²) >= 11 is 0. The highest BCUT2D eigenvalue weighted by atomic mass is 16.5. The number of carbonyl (C=O) groups excluding carboxylic acids is 1. The van der Waals surface area contributed by atoms with Crippen LogP contribution < -0.4 is 20.5 Å². The van der Waals surface area contributed by atoms with Crippen LogP contribution in [0, 0.1) is 0 Å². The predicted molar refractivity (Wildman–Crippen MR) is 69.8 cm³/mol. The zero-order valence-corrected chi connectivity index (χ0v) is 11.0. The lowest BCUT2D eigenvalue weighted by Crippen LogP contribution is -2.50. The Morgan fingerprint density at radius 1 is 1.28 bits per heavy atom. The van der Waals surface area contributed by atoms with Gasteiger partial charge in [-0.05, 0) is 38.1 Å². The summed E-state index contributed by atoms with van der Waals surface area (Å²) in [6.45, 7) is 4.06. The standard InChI is InChI=1S/C13H20N2O3/c1-13(2,9-14)15-12(16)8-18-11-6-4-10(17-3)5-7-11/h4-7H,8-9,14H2,1-3H3,(H,15,16). The fourth-order valence-electron chi connectivity index (χ4n) is 1.29. The highest BCUT2D eigenvalue weighted by Gasteiger charge is 2.18. The summed E-state index contributed by atoms with van der Waals surface area (Å²) in [5.74, 6) is 1.17. The lowest BCUT2D eigenvalue weighted by Gasteiger charge is -2.24. The van der Waals surface area contributed by atoms with E-state index in [1.54, 1.807) is 31.4 Å². The van der Waals surface area contributed by atoms with E-state index in [9.17, 15) is 4.79 Å². The van der Waals surface area contributed by atoms with Gasteiger partial charge in [-0.25, -0.2) is 0 Å². The number of amides is 1. The van der Waals surface area contributed by atoms with E-state index in [-0.39, 0.29) is 12.5 Å². The van der Waals surface area contributed by atoms with Crippen molar-refractivity contribution in [1.29, 1.82) is 0 Å². The van der Waals surface area contributed by atoms with Gasteiger partial charge in [0.2, 0.25) is 0 Å². The van der Waals surface area contributed by atoms with Crippen LogP contribution in [0.5, 0.6) is 11.5 Å². The number of hydrogen-bond acceptors (Lipinski definition) is 4. The van der Waals surface area contributed by atoms with Gasteiger partial charge in [0, 0.05) is 12.1 Å². The molecule has 0 atom stereocenters. The second-order valence-electron chi connectivity index (χ2n) is 4.60. The maximum Gasteiger partial charge on any atom is 0.258 e. The van der Waals surface area contributed by atoms with Crippen molar-refractivity contribution in [1.82, 2.24) is 5.32 Å². The molecule has 100 valence electrons. The average Bonchev–Trinajstić information content (AvgIpc) is 2.36. The van der Waals surface area contributed by atoms with Crippen LogP contribution in [0.1, 0.15) is 13.8 Å².